The van der Waals surface area contributed by atoms with Crippen molar-refractivity contribution in [1.29, 1.82) is 0 Å². The molecule has 1 saturated carbocycles. The summed E-state index contributed by atoms with van der Waals surface area (Å²) in [6.07, 6.45) is 0.716. The van der Waals surface area contributed by atoms with E-state index in [2.05, 4.69) is 0 Å². The second-order valence-electron chi connectivity index (χ2n) is 7.00. The molecule has 2 atom stereocenters. The maximum absolute atomic E-state index is 13.9. The number of halogens is 1. The van der Waals surface area contributed by atoms with Gasteiger partial charge < -0.3 is 9.80 Å². The molecule has 1 saturated heterocycles. The minimum Gasteiger partial charge on any atom is -0.339 e. The fourth-order valence-electron chi connectivity index (χ4n) is 3.66. The molecule has 1 aromatic carbocycles. The van der Waals surface area contributed by atoms with Crippen molar-refractivity contribution in [3.05, 3.63) is 57.5 Å². The number of carbonyl (C=O) groups is 2. The summed E-state index contributed by atoms with van der Waals surface area (Å²) in [5.74, 6) is -0.204. The Bertz CT molecular complexity index is 842. The van der Waals surface area contributed by atoms with Crippen LogP contribution in [0, 0.1) is 18.7 Å². The molecule has 0 N–H and O–H groups in total. The van der Waals surface area contributed by atoms with Crippen LogP contribution in [-0.4, -0.2) is 47.8 Å². The smallest absolute Gasteiger partial charge is 0.264 e. The third kappa shape index (κ3) is 3.26. The maximum atomic E-state index is 13.9. The molecule has 0 radical (unpaired) electrons. The molecule has 6 heteroatoms. The second kappa shape index (κ2) is 6.83. The first-order valence-electron chi connectivity index (χ1n) is 8.93. The van der Waals surface area contributed by atoms with Gasteiger partial charge in [0.2, 0.25) is 5.91 Å². The molecule has 2 aliphatic rings. The maximum Gasteiger partial charge on any atom is 0.264 e. The monoisotopic (exact) mass is 372 g/mol. The number of benzene rings is 1. The minimum absolute atomic E-state index is 0.00236. The normalized spacial score (nSPS) is 22.4. The van der Waals surface area contributed by atoms with Gasteiger partial charge in [-0.3, -0.25) is 9.59 Å². The Hall–Kier alpha value is -2.21. The fourth-order valence-corrected chi connectivity index (χ4v) is 4.49. The SMILES string of the molecule is Cc1ccc(C(=O)N2CCN(C(=O)C3CC3c3ccccc3F)CC2)s1. The lowest BCUT2D eigenvalue weighted by Gasteiger charge is -2.34. The first kappa shape index (κ1) is 17.2. The molecule has 1 aliphatic heterocycles. The van der Waals surface area contributed by atoms with Crippen LogP contribution in [0.5, 0.6) is 0 Å². The van der Waals surface area contributed by atoms with Gasteiger partial charge >= 0.3 is 0 Å². The summed E-state index contributed by atoms with van der Waals surface area (Å²) in [4.78, 5) is 30.7. The molecule has 2 fully saturated rings. The van der Waals surface area contributed by atoms with Crippen LogP contribution in [0.25, 0.3) is 0 Å². The summed E-state index contributed by atoms with van der Waals surface area (Å²) in [6, 6.07) is 10.5. The summed E-state index contributed by atoms with van der Waals surface area (Å²) < 4.78 is 13.9. The van der Waals surface area contributed by atoms with Crippen LogP contribution in [-0.2, 0) is 4.79 Å². The van der Waals surface area contributed by atoms with E-state index >= 15 is 0 Å². The molecule has 4 nitrogen and oxygen atoms in total. The van der Waals surface area contributed by atoms with Gasteiger partial charge in [0.25, 0.3) is 5.91 Å². The third-order valence-electron chi connectivity index (χ3n) is 5.24. The van der Waals surface area contributed by atoms with Crippen LogP contribution in [0.3, 0.4) is 0 Å². The molecule has 2 aromatic rings. The number of hydrogen-bond donors (Lipinski definition) is 0. The summed E-state index contributed by atoms with van der Waals surface area (Å²) in [5, 5.41) is 0. The van der Waals surface area contributed by atoms with E-state index in [1.54, 1.807) is 12.1 Å². The van der Waals surface area contributed by atoms with E-state index in [1.165, 1.54) is 17.4 Å². The highest BCUT2D eigenvalue weighted by atomic mass is 32.1. The molecule has 0 bridgehead atoms. The van der Waals surface area contributed by atoms with Crippen molar-refractivity contribution < 1.29 is 14.0 Å². The molecule has 2 heterocycles. The average Bonchev–Trinajstić information content (AvgIpc) is 3.33. The number of aryl methyl sites for hydroxylation is 1. The van der Waals surface area contributed by atoms with Crippen LogP contribution < -0.4 is 0 Å². The van der Waals surface area contributed by atoms with Crippen molar-refractivity contribution in [2.24, 2.45) is 5.92 Å². The van der Waals surface area contributed by atoms with E-state index in [0.29, 0.717) is 38.2 Å². The predicted molar refractivity (Wildman–Crippen MR) is 98.8 cm³/mol. The fraction of sp³-hybridized carbons (Fsp3) is 0.400. The van der Waals surface area contributed by atoms with Gasteiger partial charge in [0.15, 0.2) is 0 Å². The van der Waals surface area contributed by atoms with Crippen LogP contribution in [0.4, 0.5) is 4.39 Å². The molecule has 2 amide bonds. The van der Waals surface area contributed by atoms with E-state index < -0.39 is 0 Å². The zero-order chi connectivity index (χ0) is 18.3. The number of rotatable bonds is 3. The molecule has 2 unspecified atom stereocenters. The Kier molecular flexibility index (Phi) is 4.53. The summed E-state index contributed by atoms with van der Waals surface area (Å²) in [6.45, 7) is 4.20. The Morgan fingerprint density at radius 3 is 2.38 bits per heavy atom. The molecule has 1 aliphatic carbocycles. The topological polar surface area (TPSA) is 40.6 Å². The molecule has 4 rings (SSSR count). The summed E-state index contributed by atoms with van der Waals surface area (Å²) in [7, 11) is 0. The van der Waals surface area contributed by atoms with E-state index in [-0.39, 0.29) is 29.5 Å². The number of nitrogens with zero attached hydrogens (tertiary/aromatic N) is 2. The lowest BCUT2D eigenvalue weighted by Crippen LogP contribution is -2.51. The highest BCUT2D eigenvalue weighted by Gasteiger charge is 2.47. The van der Waals surface area contributed by atoms with Gasteiger partial charge in [0, 0.05) is 37.0 Å². The van der Waals surface area contributed by atoms with Crippen molar-refractivity contribution in [3.8, 4) is 0 Å². The molecule has 0 spiro atoms. The van der Waals surface area contributed by atoms with Gasteiger partial charge in [-0.25, -0.2) is 4.39 Å². The van der Waals surface area contributed by atoms with E-state index in [0.717, 1.165) is 9.75 Å². The Morgan fingerprint density at radius 2 is 1.73 bits per heavy atom. The average molecular weight is 372 g/mol. The van der Waals surface area contributed by atoms with Crippen LogP contribution in [0.1, 0.15) is 32.5 Å². The molecule has 1 aromatic heterocycles. The highest BCUT2D eigenvalue weighted by Crippen LogP contribution is 2.49. The lowest BCUT2D eigenvalue weighted by atomic mass is 10.1. The zero-order valence-electron chi connectivity index (χ0n) is 14.7. The van der Waals surface area contributed by atoms with Gasteiger partial charge in [-0.1, -0.05) is 18.2 Å². The first-order chi connectivity index (χ1) is 12.5. The Labute approximate surface area is 156 Å². The van der Waals surface area contributed by atoms with Crippen LogP contribution in [0.2, 0.25) is 0 Å². The number of carbonyl (C=O) groups excluding carboxylic acids is 2. The standard InChI is InChI=1S/C20H21FN2O2S/c1-13-6-7-18(26-13)20(25)23-10-8-22(9-11-23)19(24)16-12-15(16)14-4-2-3-5-17(14)21/h2-7,15-16H,8-12H2,1H3. The van der Waals surface area contributed by atoms with Crippen LogP contribution >= 0.6 is 11.3 Å². The number of thiophene rings is 1. The molecule has 26 heavy (non-hydrogen) atoms. The lowest BCUT2D eigenvalue weighted by molar-refractivity contribution is -0.134. The summed E-state index contributed by atoms with van der Waals surface area (Å²) >= 11 is 1.50. The van der Waals surface area contributed by atoms with Gasteiger partial charge in [-0.2, -0.15) is 0 Å². The van der Waals surface area contributed by atoms with Gasteiger partial charge in [0.1, 0.15) is 5.82 Å². The summed E-state index contributed by atoms with van der Waals surface area (Å²) in [5.41, 5.74) is 0.646. The highest BCUT2D eigenvalue weighted by molar-refractivity contribution is 7.13. The van der Waals surface area contributed by atoms with Crippen molar-refractivity contribution in [2.75, 3.05) is 26.2 Å². The van der Waals surface area contributed by atoms with Crippen molar-refractivity contribution >= 4 is 23.2 Å². The largest absolute Gasteiger partial charge is 0.339 e. The molecular weight excluding hydrogens is 351 g/mol. The van der Waals surface area contributed by atoms with Gasteiger partial charge in [0.05, 0.1) is 4.88 Å². The number of piperazine rings is 1. The van der Waals surface area contributed by atoms with Gasteiger partial charge in [-0.15, -0.1) is 11.3 Å². The van der Waals surface area contributed by atoms with Gasteiger partial charge in [-0.05, 0) is 43.0 Å². The quantitative estimate of drug-likeness (QED) is 0.830. The van der Waals surface area contributed by atoms with Crippen molar-refractivity contribution in [3.63, 3.8) is 0 Å². The predicted octanol–water partition coefficient (Wildman–Crippen LogP) is 3.28. The number of amides is 2. The van der Waals surface area contributed by atoms with E-state index in [1.807, 2.05) is 34.9 Å². The van der Waals surface area contributed by atoms with Crippen molar-refractivity contribution in [2.45, 2.75) is 19.3 Å². The second-order valence-corrected chi connectivity index (χ2v) is 8.29. The first-order valence-corrected chi connectivity index (χ1v) is 9.75. The van der Waals surface area contributed by atoms with E-state index in [4.69, 9.17) is 0 Å². The third-order valence-corrected chi connectivity index (χ3v) is 6.23. The van der Waals surface area contributed by atoms with Crippen molar-refractivity contribution in [1.82, 2.24) is 9.80 Å². The molecular formula is C20H21FN2O2S. The Morgan fingerprint density at radius 1 is 1.04 bits per heavy atom. The zero-order valence-corrected chi connectivity index (χ0v) is 15.5. The minimum atomic E-state index is -0.227. The number of hydrogen-bond acceptors (Lipinski definition) is 3. The van der Waals surface area contributed by atoms with E-state index in [9.17, 15) is 14.0 Å². The molecule has 136 valence electrons. The Balaban J connectivity index is 1.33. The van der Waals surface area contributed by atoms with Crippen LogP contribution in [0.15, 0.2) is 36.4 Å².